The molecule has 84 valence electrons. The predicted molar refractivity (Wildman–Crippen MR) is 63.1 cm³/mol. The maximum atomic E-state index is 12.9. The second-order valence-electron chi connectivity index (χ2n) is 3.31. The standard InChI is InChI=1S/C11H14Cl2FN/c1-2-15(6-5-12)8-9-3-4-11(14)10(13)7-9/h3-4,7H,2,5-6,8H2,1H3. The molecule has 4 heteroatoms. The molecule has 0 spiro atoms. The molecule has 0 N–H and O–H groups in total. The topological polar surface area (TPSA) is 3.24 Å². The van der Waals surface area contributed by atoms with Crippen LogP contribution in [0.4, 0.5) is 4.39 Å². The van der Waals surface area contributed by atoms with Crippen molar-refractivity contribution in [3.8, 4) is 0 Å². The molecule has 0 aliphatic carbocycles. The minimum atomic E-state index is -0.374. The van der Waals surface area contributed by atoms with E-state index in [-0.39, 0.29) is 10.8 Å². The van der Waals surface area contributed by atoms with Gasteiger partial charge in [-0.05, 0) is 24.2 Å². The average molecular weight is 250 g/mol. The van der Waals surface area contributed by atoms with Crippen molar-refractivity contribution >= 4 is 23.2 Å². The number of rotatable bonds is 5. The van der Waals surface area contributed by atoms with Crippen LogP contribution in [0.3, 0.4) is 0 Å². The fourth-order valence-electron chi connectivity index (χ4n) is 1.36. The molecule has 0 radical (unpaired) electrons. The molecule has 0 bridgehead atoms. The van der Waals surface area contributed by atoms with E-state index < -0.39 is 0 Å². The van der Waals surface area contributed by atoms with Gasteiger partial charge in [0.15, 0.2) is 0 Å². The molecule has 0 heterocycles. The first kappa shape index (κ1) is 12.8. The zero-order valence-electron chi connectivity index (χ0n) is 8.64. The van der Waals surface area contributed by atoms with Crippen molar-refractivity contribution in [2.24, 2.45) is 0 Å². The van der Waals surface area contributed by atoms with Crippen molar-refractivity contribution in [3.63, 3.8) is 0 Å². The Morgan fingerprint density at radius 1 is 1.40 bits per heavy atom. The summed E-state index contributed by atoms with van der Waals surface area (Å²) in [6.45, 7) is 4.57. The molecule has 1 aromatic rings. The second-order valence-corrected chi connectivity index (χ2v) is 4.09. The van der Waals surface area contributed by atoms with Gasteiger partial charge >= 0.3 is 0 Å². The quantitative estimate of drug-likeness (QED) is 0.722. The minimum Gasteiger partial charge on any atom is -0.298 e. The fourth-order valence-corrected chi connectivity index (χ4v) is 1.81. The van der Waals surface area contributed by atoms with Crippen molar-refractivity contribution in [2.75, 3.05) is 19.0 Å². The molecular formula is C11H14Cl2FN. The van der Waals surface area contributed by atoms with Crippen molar-refractivity contribution in [1.29, 1.82) is 0 Å². The lowest BCUT2D eigenvalue weighted by Gasteiger charge is -2.19. The Labute approximate surface area is 99.8 Å². The first-order chi connectivity index (χ1) is 7.17. The highest BCUT2D eigenvalue weighted by molar-refractivity contribution is 6.30. The molecule has 0 aliphatic heterocycles. The summed E-state index contributed by atoms with van der Waals surface area (Å²) in [5.74, 6) is 0.226. The highest BCUT2D eigenvalue weighted by Gasteiger charge is 2.05. The minimum absolute atomic E-state index is 0.175. The monoisotopic (exact) mass is 249 g/mol. The van der Waals surface area contributed by atoms with E-state index in [1.54, 1.807) is 12.1 Å². The number of nitrogens with zero attached hydrogens (tertiary/aromatic N) is 1. The first-order valence-corrected chi connectivity index (χ1v) is 5.81. The molecule has 0 amide bonds. The van der Waals surface area contributed by atoms with Crippen LogP contribution in [0.2, 0.25) is 5.02 Å². The van der Waals surface area contributed by atoms with E-state index in [1.807, 2.05) is 0 Å². The summed E-state index contributed by atoms with van der Waals surface area (Å²) in [6, 6.07) is 4.80. The molecule has 0 aliphatic rings. The molecule has 0 saturated carbocycles. The molecule has 0 fully saturated rings. The largest absolute Gasteiger partial charge is 0.298 e. The van der Waals surface area contributed by atoms with E-state index in [2.05, 4.69) is 11.8 Å². The summed E-state index contributed by atoms with van der Waals surface area (Å²) in [6.07, 6.45) is 0. The molecule has 1 aromatic carbocycles. The molecule has 0 saturated heterocycles. The van der Waals surface area contributed by atoms with Gasteiger partial charge in [0.1, 0.15) is 5.82 Å². The van der Waals surface area contributed by atoms with Gasteiger partial charge in [0.05, 0.1) is 5.02 Å². The zero-order chi connectivity index (χ0) is 11.3. The van der Waals surface area contributed by atoms with Crippen LogP contribution in [0.5, 0.6) is 0 Å². The number of benzene rings is 1. The number of hydrogen-bond donors (Lipinski definition) is 0. The van der Waals surface area contributed by atoms with Gasteiger partial charge in [-0.25, -0.2) is 4.39 Å². The van der Waals surface area contributed by atoms with Gasteiger partial charge in [-0.1, -0.05) is 24.6 Å². The van der Waals surface area contributed by atoms with Crippen molar-refractivity contribution < 1.29 is 4.39 Å². The lowest BCUT2D eigenvalue weighted by Crippen LogP contribution is -2.24. The van der Waals surface area contributed by atoms with Crippen LogP contribution < -0.4 is 0 Å². The average Bonchev–Trinajstić information content (AvgIpc) is 2.23. The van der Waals surface area contributed by atoms with Gasteiger partial charge in [0, 0.05) is 19.0 Å². The third-order valence-corrected chi connectivity index (χ3v) is 2.70. The highest BCUT2D eigenvalue weighted by atomic mass is 35.5. The van der Waals surface area contributed by atoms with Crippen molar-refractivity contribution in [3.05, 3.63) is 34.6 Å². The Bertz CT molecular complexity index is 317. The van der Waals surface area contributed by atoms with E-state index in [1.165, 1.54) is 6.07 Å². The van der Waals surface area contributed by atoms with E-state index in [0.717, 1.165) is 25.2 Å². The van der Waals surface area contributed by atoms with Gasteiger partial charge in [0.25, 0.3) is 0 Å². The maximum Gasteiger partial charge on any atom is 0.141 e. The molecule has 0 atom stereocenters. The summed E-state index contributed by atoms with van der Waals surface area (Å²) in [4.78, 5) is 2.18. The van der Waals surface area contributed by atoms with Crippen LogP contribution in [-0.2, 0) is 6.54 Å². The Balaban J connectivity index is 2.66. The third kappa shape index (κ3) is 3.98. The molecule has 1 nitrogen and oxygen atoms in total. The predicted octanol–water partition coefficient (Wildman–Crippen LogP) is 3.54. The van der Waals surface area contributed by atoms with E-state index >= 15 is 0 Å². The Morgan fingerprint density at radius 2 is 2.13 bits per heavy atom. The van der Waals surface area contributed by atoms with Crippen LogP contribution >= 0.6 is 23.2 Å². The van der Waals surface area contributed by atoms with Gasteiger partial charge in [-0.3, -0.25) is 4.90 Å². The third-order valence-electron chi connectivity index (χ3n) is 2.24. The molecular weight excluding hydrogens is 236 g/mol. The maximum absolute atomic E-state index is 12.9. The SMILES string of the molecule is CCN(CCCl)Cc1ccc(F)c(Cl)c1. The van der Waals surface area contributed by atoms with E-state index in [4.69, 9.17) is 23.2 Å². The smallest absolute Gasteiger partial charge is 0.141 e. The highest BCUT2D eigenvalue weighted by Crippen LogP contribution is 2.17. The molecule has 1 rings (SSSR count). The normalized spacial score (nSPS) is 11.0. The second kappa shape index (κ2) is 6.31. The van der Waals surface area contributed by atoms with E-state index in [9.17, 15) is 4.39 Å². The Morgan fingerprint density at radius 3 is 2.67 bits per heavy atom. The number of alkyl halides is 1. The van der Waals surface area contributed by atoms with Crippen LogP contribution in [-0.4, -0.2) is 23.9 Å². The Kier molecular flexibility index (Phi) is 5.37. The molecule has 0 aromatic heterocycles. The number of halogens is 3. The van der Waals surface area contributed by atoms with Crippen LogP contribution in [0.1, 0.15) is 12.5 Å². The molecule has 15 heavy (non-hydrogen) atoms. The number of hydrogen-bond acceptors (Lipinski definition) is 1. The summed E-state index contributed by atoms with van der Waals surface area (Å²) < 4.78 is 12.9. The summed E-state index contributed by atoms with van der Waals surface area (Å²) in [5, 5.41) is 0.175. The van der Waals surface area contributed by atoms with Gasteiger partial charge in [-0.2, -0.15) is 0 Å². The Hall–Kier alpha value is -0.310. The van der Waals surface area contributed by atoms with E-state index in [0.29, 0.717) is 5.88 Å². The fraction of sp³-hybridized carbons (Fsp3) is 0.455. The van der Waals surface area contributed by atoms with Gasteiger partial charge < -0.3 is 0 Å². The van der Waals surface area contributed by atoms with Crippen LogP contribution in [0, 0.1) is 5.82 Å². The van der Waals surface area contributed by atoms with Gasteiger partial charge in [-0.15, -0.1) is 11.6 Å². The van der Waals surface area contributed by atoms with Gasteiger partial charge in [0.2, 0.25) is 0 Å². The zero-order valence-corrected chi connectivity index (χ0v) is 10.2. The van der Waals surface area contributed by atoms with Crippen molar-refractivity contribution in [2.45, 2.75) is 13.5 Å². The first-order valence-electron chi connectivity index (χ1n) is 4.89. The summed E-state index contributed by atoms with van der Waals surface area (Å²) in [7, 11) is 0. The lowest BCUT2D eigenvalue weighted by molar-refractivity contribution is 0.297. The lowest BCUT2D eigenvalue weighted by atomic mass is 10.2. The van der Waals surface area contributed by atoms with Crippen LogP contribution in [0.25, 0.3) is 0 Å². The van der Waals surface area contributed by atoms with Crippen molar-refractivity contribution in [1.82, 2.24) is 4.90 Å². The van der Waals surface area contributed by atoms with Crippen LogP contribution in [0.15, 0.2) is 18.2 Å². The molecule has 0 unspecified atom stereocenters. The summed E-state index contributed by atoms with van der Waals surface area (Å²) in [5.41, 5.74) is 1.01. The summed E-state index contributed by atoms with van der Waals surface area (Å²) >= 11 is 11.4.